The summed E-state index contributed by atoms with van der Waals surface area (Å²) < 4.78 is 0. The van der Waals surface area contributed by atoms with Gasteiger partial charge in [-0.25, -0.2) is 0 Å². The molecule has 1 aromatic heterocycles. The third kappa shape index (κ3) is 1.34. The van der Waals surface area contributed by atoms with Gasteiger partial charge in [0.2, 0.25) is 0 Å². The Morgan fingerprint density at radius 2 is 2.58 bits per heavy atom. The standard InChI is InChI=1S/C8H10N2OS/c11-9-10-4-3-7(6-10)8-2-1-5-12-8/h1-2,5,7H,3-4,6H2. The Morgan fingerprint density at radius 3 is 3.17 bits per heavy atom. The van der Waals surface area contributed by atoms with Crippen LogP contribution in [0, 0.1) is 4.91 Å². The Morgan fingerprint density at radius 1 is 1.67 bits per heavy atom. The van der Waals surface area contributed by atoms with Crippen molar-refractivity contribution < 1.29 is 0 Å². The Hall–Kier alpha value is -0.900. The van der Waals surface area contributed by atoms with Gasteiger partial charge in [-0.1, -0.05) is 6.07 Å². The molecule has 64 valence electrons. The smallest absolute Gasteiger partial charge is 0.0524 e. The van der Waals surface area contributed by atoms with Crippen molar-refractivity contribution in [1.29, 1.82) is 0 Å². The summed E-state index contributed by atoms with van der Waals surface area (Å²) in [4.78, 5) is 11.6. The van der Waals surface area contributed by atoms with E-state index in [1.54, 1.807) is 16.3 Å². The molecule has 0 saturated carbocycles. The average Bonchev–Trinajstić information content (AvgIpc) is 2.75. The molecule has 4 heteroatoms. The summed E-state index contributed by atoms with van der Waals surface area (Å²) in [6, 6.07) is 4.18. The molecule has 0 aliphatic carbocycles. The van der Waals surface area contributed by atoms with E-state index in [9.17, 15) is 4.91 Å². The molecule has 1 aliphatic heterocycles. The molecule has 12 heavy (non-hydrogen) atoms. The predicted molar refractivity (Wildman–Crippen MR) is 49.0 cm³/mol. The van der Waals surface area contributed by atoms with Crippen LogP contribution in [0.1, 0.15) is 17.2 Å². The number of rotatable bonds is 2. The van der Waals surface area contributed by atoms with Crippen molar-refractivity contribution >= 4 is 11.3 Å². The van der Waals surface area contributed by atoms with Crippen LogP contribution in [0.25, 0.3) is 0 Å². The average molecular weight is 182 g/mol. The Balaban J connectivity index is 2.04. The van der Waals surface area contributed by atoms with Gasteiger partial charge in [0.25, 0.3) is 0 Å². The zero-order valence-electron chi connectivity index (χ0n) is 6.64. The van der Waals surface area contributed by atoms with Crippen molar-refractivity contribution in [2.75, 3.05) is 13.1 Å². The van der Waals surface area contributed by atoms with Gasteiger partial charge < -0.3 is 0 Å². The van der Waals surface area contributed by atoms with E-state index in [4.69, 9.17) is 0 Å². The van der Waals surface area contributed by atoms with Crippen LogP contribution in [-0.4, -0.2) is 18.1 Å². The first kappa shape index (κ1) is 7.73. The van der Waals surface area contributed by atoms with E-state index >= 15 is 0 Å². The third-order valence-electron chi connectivity index (χ3n) is 2.23. The fourth-order valence-electron chi connectivity index (χ4n) is 1.57. The molecule has 0 amide bonds. The van der Waals surface area contributed by atoms with Gasteiger partial charge in [-0.15, -0.1) is 16.2 Å². The van der Waals surface area contributed by atoms with E-state index in [1.807, 2.05) is 0 Å². The monoisotopic (exact) mass is 182 g/mol. The largest absolute Gasteiger partial charge is 0.260 e. The van der Waals surface area contributed by atoms with E-state index < -0.39 is 0 Å². The van der Waals surface area contributed by atoms with E-state index in [-0.39, 0.29) is 0 Å². The highest BCUT2D eigenvalue weighted by atomic mass is 32.1. The molecule has 0 aromatic carbocycles. The molecule has 1 atom stereocenters. The molecule has 1 unspecified atom stereocenters. The van der Waals surface area contributed by atoms with Gasteiger partial charge in [0, 0.05) is 23.9 Å². The van der Waals surface area contributed by atoms with Crippen molar-refractivity contribution in [2.24, 2.45) is 5.29 Å². The van der Waals surface area contributed by atoms with E-state index in [2.05, 4.69) is 22.8 Å². The molecule has 1 aliphatic rings. The third-order valence-corrected chi connectivity index (χ3v) is 3.26. The van der Waals surface area contributed by atoms with Gasteiger partial charge in [0.15, 0.2) is 0 Å². The highest BCUT2D eigenvalue weighted by Gasteiger charge is 2.23. The van der Waals surface area contributed by atoms with E-state index in [0.717, 1.165) is 19.5 Å². The number of hydrogen-bond acceptors (Lipinski definition) is 3. The molecule has 0 spiro atoms. The maximum Gasteiger partial charge on any atom is 0.0524 e. The maximum absolute atomic E-state index is 10.2. The highest BCUT2D eigenvalue weighted by molar-refractivity contribution is 7.10. The molecule has 1 fully saturated rings. The van der Waals surface area contributed by atoms with E-state index in [1.165, 1.54) is 4.88 Å². The van der Waals surface area contributed by atoms with Crippen LogP contribution in [0.4, 0.5) is 0 Å². The van der Waals surface area contributed by atoms with Crippen LogP contribution in [0.3, 0.4) is 0 Å². The molecular weight excluding hydrogens is 172 g/mol. The van der Waals surface area contributed by atoms with Crippen LogP contribution >= 0.6 is 11.3 Å². The van der Waals surface area contributed by atoms with Crippen molar-refractivity contribution in [1.82, 2.24) is 5.01 Å². The molecule has 0 radical (unpaired) electrons. The summed E-state index contributed by atoms with van der Waals surface area (Å²) in [6.45, 7) is 1.61. The number of thiophene rings is 1. The fourth-order valence-corrected chi connectivity index (χ4v) is 2.43. The van der Waals surface area contributed by atoms with Crippen LogP contribution in [0.5, 0.6) is 0 Å². The lowest BCUT2D eigenvalue weighted by Crippen LogP contribution is -2.11. The van der Waals surface area contributed by atoms with E-state index in [0.29, 0.717) is 5.92 Å². The van der Waals surface area contributed by atoms with Gasteiger partial charge in [-0.2, -0.15) is 0 Å². The zero-order valence-corrected chi connectivity index (χ0v) is 7.46. The van der Waals surface area contributed by atoms with Gasteiger partial charge in [0.05, 0.1) is 5.29 Å². The number of hydrogen-bond donors (Lipinski definition) is 0. The lowest BCUT2D eigenvalue weighted by atomic mass is 10.1. The summed E-state index contributed by atoms with van der Waals surface area (Å²) in [5, 5.41) is 6.61. The molecule has 0 bridgehead atoms. The second-order valence-electron chi connectivity index (χ2n) is 3.00. The first-order valence-electron chi connectivity index (χ1n) is 4.02. The Bertz CT molecular complexity index is 260. The van der Waals surface area contributed by atoms with Crippen LogP contribution in [-0.2, 0) is 0 Å². The van der Waals surface area contributed by atoms with Crippen LogP contribution in [0.2, 0.25) is 0 Å². The second kappa shape index (κ2) is 3.23. The molecular formula is C8H10N2OS. The van der Waals surface area contributed by atoms with Crippen molar-refractivity contribution in [3.63, 3.8) is 0 Å². The fraction of sp³-hybridized carbons (Fsp3) is 0.500. The normalized spacial score (nSPS) is 23.0. The summed E-state index contributed by atoms with van der Waals surface area (Å²) in [5.41, 5.74) is 0. The predicted octanol–water partition coefficient (Wildman–Crippen LogP) is 2.22. The molecule has 1 aromatic rings. The van der Waals surface area contributed by atoms with Crippen molar-refractivity contribution in [2.45, 2.75) is 12.3 Å². The zero-order chi connectivity index (χ0) is 8.39. The maximum atomic E-state index is 10.2. The minimum atomic E-state index is 0.530. The molecule has 2 rings (SSSR count). The quantitative estimate of drug-likeness (QED) is 0.657. The van der Waals surface area contributed by atoms with Crippen LogP contribution in [0.15, 0.2) is 22.8 Å². The van der Waals surface area contributed by atoms with Gasteiger partial charge >= 0.3 is 0 Å². The molecule has 1 saturated heterocycles. The van der Waals surface area contributed by atoms with Gasteiger partial charge in [-0.05, 0) is 17.9 Å². The lowest BCUT2D eigenvalue weighted by Gasteiger charge is -2.06. The number of nitrogens with zero attached hydrogens (tertiary/aromatic N) is 2. The highest BCUT2D eigenvalue weighted by Crippen LogP contribution is 2.29. The van der Waals surface area contributed by atoms with Gasteiger partial charge in [0.1, 0.15) is 0 Å². The molecule has 2 heterocycles. The SMILES string of the molecule is O=NN1CCC(c2cccs2)C1. The molecule has 3 nitrogen and oxygen atoms in total. The minimum absolute atomic E-state index is 0.530. The van der Waals surface area contributed by atoms with Crippen molar-refractivity contribution in [3.05, 3.63) is 27.3 Å². The Labute approximate surface area is 75.0 Å². The second-order valence-corrected chi connectivity index (χ2v) is 3.97. The molecule has 0 N–H and O–H groups in total. The van der Waals surface area contributed by atoms with Gasteiger partial charge in [-0.3, -0.25) is 5.01 Å². The Kier molecular flexibility index (Phi) is 2.08. The first-order valence-corrected chi connectivity index (χ1v) is 4.90. The topological polar surface area (TPSA) is 32.7 Å². The minimum Gasteiger partial charge on any atom is -0.260 e. The first-order chi connectivity index (χ1) is 5.90. The summed E-state index contributed by atoms with van der Waals surface area (Å²) in [7, 11) is 0. The van der Waals surface area contributed by atoms with Crippen molar-refractivity contribution in [3.8, 4) is 0 Å². The lowest BCUT2D eigenvalue weighted by molar-refractivity contribution is 0.350. The summed E-state index contributed by atoms with van der Waals surface area (Å²) in [5.74, 6) is 0.530. The van der Waals surface area contributed by atoms with Crippen LogP contribution < -0.4 is 0 Å². The summed E-state index contributed by atoms with van der Waals surface area (Å²) in [6.07, 6.45) is 1.06. The number of nitroso groups, excluding NO2 is 1. The summed E-state index contributed by atoms with van der Waals surface area (Å²) >= 11 is 1.76.